The Morgan fingerprint density at radius 2 is 2.12 bits per heavy atom. The molecule has 17 heavy (non-hydrogen) atoms. The minimum Gasteiger partial charge on any atom is -0.326 e. The number of anilines is 1. The molecule has 2 nitrogen and oxygen atoms in total. The first-order valence-corrected chi connectivity index (χ1v) is 7.37. The monoisotopic (exact) mass is 343 g/mol. The van der Waals surface area contributed by atoms with Crippen LogP contribution in [0.4, 0.5) is 5.69 Å². The standard InChI is InChI=1S/C14H18INO/c15-12-6-3-7-13(10-12)16-14(17)9-8-11-4-1-2-5-11/h3,6-7,10-11H,1-2,4-5,8-9H2,(H,16,17). The first kappa shape index (κ1) is 12.9. The van der Waals surface area contributed by atoms with Gasteiger partial charge in [-0.25, -0.2) is 0 Å². The van der Waals surface area contributed by atoms with Gasteiger partial charge < -0.3 is 5.32 Å². The lowest BCUT2D eigenvalue weighted by atomic mass is 10.0. The van der Waals surface area contributed by atoms with Crippen LogP contribution in [0.1, 0.15) is 38.5 Å². The van der Waals surface area contributed by atoms with Crippen molar-refractivity contribution in [3.63, 3.8) is 0 Å². The summed E-state index contributed by atoms with van der Waals surface area (Å²) in [6.07, 6.45) is 7.05. The predicted octanol–water partition coefficient (Wildman–Crippen LogP) is 4.20. The molecular formula is C14H18INO. The van der Waals surface area contributed by atoms with Gasteiger partial charge in [0, 0.05) is 15.7 Å². The van der Waals surface area contributed by atoms with Gasteiger partial charge in [0.15, 0.2) is 0 Å². The van der Waals surface area contributed by atoms with Crippen LogP contribution < -0.4 is 5.32 Å². The smallest absolute Gasteiger partial charge is 0.224 e. The van der Waals surface area contributed by atoms with Gasteiger partial charge in [0.25, 0.3) is 0 Å². The van der Waals surface area contributed by atoms with E-state index >= 15 is 0 Å². The van der Waals surface area contributed by atoms with Gasteiger partial charge >= 0.3 is 0 Å². The third-order valence-corrected chi connectivity index (χ3v) is 4.03. The summed E-state index contributed by atoms with van der Waals surface area (Å²) in [6, 6.07) is 7.92. The number of carbonyl (C=O) groups is 1. The molecule has 0 heterocycles. The number of hydrogen-bond acceptors (Lipinski definition) is 1. The SMILES string of the molecule is O=C(CCC1CCCC1)Nc1cccc(I)c1. The molecule has 0 aliphatic heterocycles. The second kappa shape index (κ2) is 6.38. The van der Waals surface area contributed by atoms with Gasteiger partial charge in [-0.05, 0) is 53.1 Å². The predicted molar refractivity (Wildman–Crippen MR) is 79.0 cm³/mol. The Morgan fingerprint density at radius 3 is 2.82 bits per heavy atom. The lowest BCUT2D eigenvalue weighted by Gasteiger charge is -2.09. The van der Waals surface area contributed by atoms with E-state index < -0.39 is 0 Å². The molecule has 1 aromatic carbocycles. The Bertz CT molecular complexity index is 386. The number of halogens is 1. The summed E-state index contributed by atoms with van der Waals surface area (Å²) in [5.41, 5.74) is 0.910. The number of amides is 1. The molecule has 0 atom stereocenters. The van der Waals surface area contributed by atoms with Gasteiger partial charge in [-0.3, -0.25) is 4.79 Å². The van der Waals surface area contributed by atoms with Crippen LogP contribution in [0.15, 0.2) is 24.3 Å². The Labute approximate surface area is 116 Å². The molecule has 1 N–H and O–H groups in total. The first-order chi connectivity index (χ1) is 8.24. The molecule has 2 rings (SSSR count). The Kier molecular flexibility index (Phi) is 4.83. The van der Waals surface area contributed by atoms with Crippen molar-refractivity contribution in [1.82, 2.24) is 0 Å². The molecule has 1 aliphatic rings. The summed E-state index contributed by atoms with van der Waals surface area (Å²) in [7, 11) is 0. The van der Waals surface area contributed by atoms with Gasteiger partial charge in [-0.1, -0.05) is 31.7 Å². The molecule has 1 amide bonds. The highest BCUT2D eigenvalue weighted by Crippen LogP contribution is 2.28. The van der Waals surface area contributed by atoms with E-state index in [0.29, 0.717) is 6.42 Å². The van der Waals surface area contributed by atoms with E-state index in [1.807, 2.05) is 24.3 Å². The molecule has 0 spiro atoms. The number of nitrogens with one attached hydrogen (secondary N) is 1. The Balaban J connectivity index is 1.76. The molecule has 0 bridgehead atoms. The molecule has 0 unspecified atom stereocenters. The molecule has 0 radical (unpaired) electrons. The third-order valence-electron chi connectivity index (χ3n) is 3.36. The largest absolute Gasteiger partial charge is 0.326 e. The molecule has 3 heteroatoms. The van der Waals surface area contributed by atoms with Gasteiger partial charge in [0.05, 0.1) is 0 Å². The fourth-order valence-corrected chi connectivity index (χ4v) is 2.97. The molecule has 1 fully saturated rings. The minimum absolute atomic E-state index is 0.152. The summed E-state index contributed by atoms with van der Waals surface area (Å²) in [4.78, 5) is 11.8. The molecule has 1 aliphatic carbocycles. The Hall–Kier alpha value is -0.580. The molecular weight excluding hydrogens is 325 g/mol. The lowest BCUT2D eigenvalue weighted by molar-refractivity contribution is -0.116. The van der Waals surface area contributed by atoms with E-state index in [4.69, 9.17) is 0 Å². The minimum atomic E-state index is 0.152. The van der Waals surface area contributed by atoms with Crippen LogP contribution in [-0.2, 0) is 4.79 Å². The van der Waals surface area contributed by atoms with Crippen molar-refractivity contribution < 1.29 is 4.79 Å². The van der Waals surface area contributed by atoms with E-state index in [-0.39, 0.29) is 5.91 Å². The molecule has 0 aromatic heterocycles. The molecule has 1 aromatic rings. The number of benzene rings is 1. The van der Waals surface area contributed by atoms with Gasteiger partial charge in [0.2, 0.25) is 5.91 Å². The van der Waals surface area contributed by atoms with Crippen LogP contribution in [0.2, 0.25) is 0 Å². The van der Waals surface area contributed by atoms with Crippen molar-refractivity contribution in [2.45, 2.75) is 38.5 Å². The molecule has 0 saturated heterocycles. The summed E-state index contributed by atoms with van der Waals surface area (Å²) in [6.45, 7) is 0. The van der Waals surface area contributed by atoms with E-state index in [1.54, 1.807) is 0 Å². The van der Waals surface area contributed by atoms with E-state index in [2.05, 4.69) is 27.9 Å². The fourth-order valence-electron chi connectivity index (χ4n) is 2.42. The van der Waals surface area contributed by atoms with Crippen LogP contribution in [0.3, 0.4) is 0 Å². The zero-order chi connectivity index (χ0) is 12.1. The topological polar surface area (TPSA) is 29.1 Å². The van der Waals surface area contributed by atoms with Crippen LogP contribution in [0, 0.1) is 9.49 Å². The second-order valence-corrected chi connectivity index (χ2v) is 5.99. The van der Waals surface area contributed by atoms with Crippen molar-refractivity contribution in [3.8, 4) is 0 Å². The van der Waals surface area contributed by atoms with Gasteiger partial charge in [-0.2, -0.15) is 0 Å². The fraction of sp³-hybridized carbons (Fsp3) is 0.500. The summed E-state index contributed by atoms with van der Waals surface area (Å²) in [5.74, 6) is 0.940. The quantitative estimate of drug-likeness (QED) is 0.816. The van der Waals surface area contributed by atoms with Crippen molar-refractivity contribution >= 4 is 34.2 Å². The highest BCUT2D eigenvalue weighted by Gasteiger charge is 2.16. The lowest BCUT2D eigenvalue weighted by Crippen LogP contribution is -2.12. The third kappa shape index (κ3) is 4.30. The second-order valence-electron chi connectivity index (χ2n) is 4.75. The maximum atomic E-state index is 11.8. The maximum Gasteiger partial charge on any atom is 0.224 e. The normalized spacial score (nSPS) is 16.1. The zero-order valence-corrected chi connectivity index (χ0v) is 12.1. The van der Waals surface area contributed by atoms with Crippen molar-refractivity contribution in [3.05, 3.63) is 27.8 Å². The van der Waals surface area contributed by atoms with Crippen molar-refractivity contribution in [2.75, 3.05) is 5.32 Å². The van der Waals surface area contributed by atoms with Crippen LogP contribution in [-0.4, -0.2) is 5.91 Å². The highest BCUT2D eigenvalue weighted by molar-refractivity contribution is 14.1. The zero-order valence-electron chi connectivity index (χ0n) is 9.92. The van der Waals surface area contributed by atoms with Crippen molar-refractivity contribution in [1.29, 1.82) is 0 Å². The average Bonchev–Trinajstić information content (AvgIpc) is 2.79. The Morgan fingerprint density at radius 1 is 1.35 bits per heavy atom. The van der Waals surface area contributed by atoms with E-state index in [0.717, 1.165) is 21.6 Å². The van der Waals surface area contributed by atoms with Gasteiger partial charge in [0.1, 0.15) is 0 Å². The van der Waals surface area contributed by atoms with Gasteiger partial charge in [-0.15, -0.1) is 0 Å². The maximum absolute atomic E-state index is 11.8. The first-order valence-electron chi connectivity index (χ1n) is 6.29. The van der Waals surface area contributed by atoms with E-state index in [9.17, 15) is 4.79 Å². The molecule has 1 saturated carbocycles. The number of hydrogen-bond donors (Lipinski definition) is 1. The van der Waals surface area contributed by atoms with Crippen LogP contribution in [0.25, 0.3) is 0 Å². The summed E-state index contributed by atoms with van der Waals surface area (Å²) >= 11 is 2.25. The summed E-state index contributed by atoms with van der Waals surface area (Å²) in [5, 5.41) is 2.96. The van der Waals surface area contributed by atoms with Crippen LogP contribution >= 0.6 is 22.6 Å². The van der Waals surface area contributed by atoms with E-state index in [1.165, 1.54) is 25.7 Å². The van der Waals surface area contributed by atoms with Crippen molar-refractivity contribution in [2.24, 2.45) is 5.92 Å². The summed E-state index contributed by atoms with van der Waals surface area (Å²) < 4.78 is 1.15. The number of rotatable bonds is 4. The average molecular weight is 343 g/mol. The number of carbonyl (C=O) groups excluding carboxylic acids is 1. The van der Waals surface area contributed by atoms with Crippen LogP contribution in [0.5, 0.6) is 0 Å². The highest BCUT2D eigenvalue weighted by atomic mass is 127. The molecule has 92 valence electrons.